The predicted molar refractivity (Wildman–Crippen MR) is 78.4 cm³/mol. The minimum Gasteiger partial charge on any atom is -0.324 e. The summed E-state index contributed by atoms with van der Waals surface area (Å²) in [6, 6.07) is 9.08. The van der Waals surface area contributed by atoms with Crippen molar-refractivity contribution in [3.63, 3.8) is 0 Å². The second kappa shape index (κ2) is 5.90. The Morgan fingerprint density at radius 2 is 2.00 bits per heavy atom. The maximum Gasteiger partial charge on any atom is 0.256 e. The van der Waals surface area contributed by atoms with Crippen molar-refractivity contribution in [1.29, 1.82) is 0 Å². The fourth-order valence-corrected chi connectivity index (χ4v) is 1.95. The average Bonchev–Trinajstić information content (AvgIpc) is 2.41. The fraction of sp³-hybridized carbons (Fsp3) is 0.0714. The molecule has 0 aliphatic rings. The Bertz CT molecular complexity index is 661. The monoisotopic (exact) mass is 293 g/mol. The summed E-state index contributed by atoms with van der Waals surface area (Å²) in [5.41, 5.74) is 4.44. The molecule has 0 bridgehead atoms. The van der Waals surface area contributed by atoms with Crippen LogP contribution in [0.5, 0.6) is 0 Å². The molecular weight excluding hydrogens is 281 g/mol. The van der Waals surface area contributed by atoms with Crippen LogP contribution in [0.4, 0.5) is 15.8 Å². The van der Waals surface area contributed by atoms with Gasteiger partial charge in [0.15, 0.2) is 0 Å². The summed E-state index contributed by atoms with van der Waals surface area (Å²) < 4.78 is 13.6. The predicted octanol–water partition coefficient (Wildman–Crippen LogP) is 3.33. The largest absolute Gasteiger partial charge is 0.324 e. The van der Waals surface area contributed by atoms with Crippen molar-refractivity contribution in [2.75, 3.05) is 10.7 Å². The van der Waals surface area contributed by atoms with E-state index in [-0.39, 0.29) is 10.7 Å². The van der Waals surface area contributed by atoms with Gasteiger partial charge in [-0.05, 0) is 48.9 Å². The van der Waals surface area contributed by atoms with Crippen molar-refractivity contribution in [2.24, 2.45) is 5.84 Å². The molecule has 0 heterocycles. The van der Waals surface area contributed by atoms with Crippen molar-refractivity contribution in [3.05, 3.63) is 58.4 Å². The van der Waals surface area contributed by atoms with Crippen molar-refractivity contribution in [2.45, 2.75) is 6.92 Å². The molecule has 0 aliphatic carbocycles. The van der Waals surface area contributed by atoms with Crippen LogP contribution in [-0.4, -0.2) is 5.91 Å². The van der Waals surface area contributed by atoms with Crippen LogP contribution in [0.1, 0.15) is 15.9 Å². The van der Waals surface area contributed by atoms with Crippen molar-refractivity contribution >= 4 is 28.9 Å². The Morgan fingerprint density at radius 1 is 1.25 bits per heavy atom. The molecule has 0 spiro atoms. The van der Waals surface area contributed by atoms with Gasteiger partial charge in [-0.1, -0.05) is 11.6 Å². The summed E-state index contributed by atoms with van der Waals surface area (Å²) in [7, 11) is 0. The van der Waals surface area contributed by atoms with E-state index >= 15 is 0 Å². The highest BCUT2D eigenvalue weighted by Gasteiger charge is 2.12. The topological polar surface area (TPSA) is 67.1 Å². The van der Waals surface area contributed by atoms with Crippen LogP contribution in [0.2, 0.25) is 5.02 Å². The lowest BCUT2D eigenvalue weighted by atomic mass is 10.1. The number of halogens is 2. The van der Waals surface area contributed by atoms with Crippen molar-refractivity contribution in [3.8, 4) is 0 Å². The number of carbonyl (C=O) groups excluding carboxylic acids is 1. The first kappa shape index (κ1) is 14.3. The number of hydrogen-bond acceptors (Lipinski definition) is 3. The maximum absolute atomic E-state index is 13.6. The van der Waals surface area contributed by atoms with Crippen LogP contribution in [0.3, 0.4) is 0 Å². The summed E-state index contributed by atoms with van der Waals surface area (Å²) in [4.78, 5) is 12.1. The van der Waals surface area contributed by atoms with Gasteiger partial charge >= 0.3 is 0 Å². The second-order valence-electron chi connectivity index (χ2n) is 4.25. The Balaban J connectivity index is 2.24. The molecule has 0 aromatic heterocycles. The molecule has 2 aromatic carbocycles. The molecule has 4 nitrogen and oxygen atoms in total. The minimum atomic E-state index is -0.580. The van der Waals surface area contributed by atoms with E-state index in [9.17, 15) is 9.18 Å². The number of benzene rings is 2. The minimum absolute atomic E-state index is 0.0832. The van der Waals surface area contributed by atoms with Crippen LogP contribution in [-0.2, 0) is 0 Å². The molecule has 0 unspecified atom stereocenters. The first-order valence-electron chi connectivity index (χ1n) is 5.85. The summed E-state index contributed by atoms with van der Waals surface area (Å²) >= 11 is 5.66. The number of aryl methyl sites for hydroxylation is 1. The molecular formula is C14H13ClFN3O. The van der Waals surface area contributed by atoms with E-state index in [1.165, 1.54) is 12.1 Å². The normalized spacial score (nSPS) is 10.2. The van der Waals surface area contributed by atoms with Crippen molar-refractivity contribution in [1.82, 2.24) is 0 Å². The number of anilines is 2. The molecule has 2 aromatic rings. The molecule has 0 aliphatic heterocycles. The van der Waals surface area contributed by atoms with Gasteiger partial charge in [-0.25, -0.2) is 4.39 Å². The Morgan fingerprint density at radius 3 is 2.60 bits per heavy atom. The van der Waals surface area contributed by atoms with Crippen LogP contribution in [0.25, 0.3) is 0 Å². The second-order valence-corrected chi connectivity index (χ2v) is 4.69. The molecule has 0 radical (unpaired) electrons. The summed E-state index contributed by atoms with van der Waals surface area (Å²) in [5, 5.41) is 2.78. The Labute approximate surface area is 120 Å². The zero-order valence-electron chi connectivity index (χ0n) is 10.7. The summed E-state index contributed by atoms with van der Waals surface area (Å²) in [6.45, 7) is 1.77. The molecule has 0 saturated carbocycles. The third kappa shape index (κ3) is 3.07. The van der Waals surface area contributed by atoms with Crippen LogP contribution >= 0.6 is 11.6 Å². The molecule has 4 N–H and O–H groups in total. The van der Waals surface area contributed by atoms with Gasteiger partial charge in [0, 0.05) is 16.3 Å². The molecule has 20 heavy (non-hydrogen) atoms. The van der Waals surface area contributed by atoms with Gasteiger partial charge < -0.3 is 10.7 Å². The van der Waals surface area contributed by atoms with E-state index in [4.69, 9.17) is 17.4 Å². The third-order valence-electron chi connectivity index (χ3n) is 2.82. The van der Waals surface area contributed by atoms with Gasteiger partial charge in [0.05, 0.1) is 5.69 Å². The maximum atomic E-state index is 13.6. The Kier molecular flexibility index (Phi) is 4.22. The van der Waals surface area contributed by atoms with E-state index < -0.39 is 11.7 Å². The number of carbonyl (C=O) groups is 1. The third-order valence-corrected chi connectivity index (χ3v) is 3.05. The van der Waals surface area contributed by atoms with Gasteiger partial charge in [0.25, 0.3) is 5.91 Å². The number of amides is 1. The first-order valence-corrected chi connectivity index (χ1v) is 6.22. The molecule has 0 atom stereocenters. The number of hydrogen-bond donors (Lipinski definition) is 3. The van der Waals surface area contributed by atoms with E-state index in [0.29, 0.717) is 11.3 Å². The van der Waals surface area contributed by atoms with Crippen molar-refractivity contribution < 1.29 is 9.18 Å². The number of nitrogens with two attached hydrogens (primary N) is 1. The molecule has 0 fully saturated rings. The highest BCUT2D eigenvalue weighted by Crippen LogP contribution is 2.21. The molecule has 0 saturated heterocycles. The highest BCUT2D eigenvalue weighted by atomic mass is 35.5. The lowest BCUT2D eigenvalue weighted by Crippen LogP contribution is -2.15. The standard InChI is InChI=1S/C14H13ClFN3O/c1-8-6-10(19-17)3-4-11(8)14(20)18-13-5-2-9(15)7-12(13)16/h2-7,19H,17H2,1H3,(H,18,20). The smallest absolute Gasteiger partial charge is 0.256 e. The number of nitrogens with one attached hydrogen (secondary N) is 2. The van der Waals surface area contributed by atoms with Gasteiger partial charge in [-0.2, -0.15) is 0 Å². The van der Waals surface area contributed by atoms with Gasteiger partial charge in [-0.3, -0.25) is 10.6 Å². The van der Waals surface area contributed by atoms with Gasteiger partial charge in [0.1, 0.15) is 5.82 Å². The fourth-order valence-electron chi connectivity index (χ4n) is 1.79. The molecule has 104 valence electrons. The van der Waals surface area contributed by atoms with Crippen LogP contribution in [0.15, 0.2) is 36.4 Å². The SMILES string of the molecule is Cc1cc(NN)ccc1C(=O)Nc1ccc(Cl)cc1F. The summed E-state index contributed by atoms with van der Waals surface area (Å²) in [6.07, 6.45) is 0. The number of rotatable bonds is 3. The van der Waals surface area contributed by atoms with E-state index in [1.54, 1.807) is 25.1 Å². The number of nitrogen functional groups attached to an aromatic ring is 1. The molecule has 6 heteroatoms. The van der Waals surface area contributed by atoms with Gasteiger partial charge in [0.2, 0.25) is 0 Å². The van der Waals surface area contributed by atoms with Crippen LogP contribution in [0, 0.1) is 12.7 Å². The lowest BCUT2D eigenvalue weighted by Gasteiger charge is -2.10. The first-order chi connectivity index (χ1) is 9.51. The van der Waals surface area contributed by atoms with Gasteiger partial charge in [-0.15, -0.1) is 0 Å². The molecule has 1 amide bonds. The van der Waals surface area contributed by atoms with E-state index in [0.717, 1.165) is 11.6 Å². The zero-order chi connectivity index (χ0) is 14.7. The zero-order valence-corrected chi connectivity index (χ0v) is 11.5. The average molecular weight is 294 g/mol. The number of hydrazine groups is 1. The van der Waals surface area contributed by atoms with E-state index in [2.05, 4.69) is 10.7 Å². The molecule has 2 rings (SSSR count). The lowest BCUT2D eigenvalue weighted by molar-refractivity contribution is 0.102. The van der Waals surface area contributed by atoms with E-state index in [1.807, 2.05) is 0 Å². The quantitative estimate of drug-likeness (QED) is 0.601. The highest BCUT2D eigenvalue weighted by molar-refractivity contribution is 6.30. The van der Waals surface area contributed by atoms with Crippen LogP contribution < -0.4 is 16.6 Å². The Hall–Kier alpha value is -2.11. The summed E-state index contributed by atoms with van der Waals surface area (Å²) in [5.74, 6) is 4.31.